The molecule has 0 saturated carbocycles. The highest BCUT2D eigenvalue weighted by Crippen LogP contribution is 2.32. The fourth-order valence-electron chi connectivity index (χ4n) is 4.07. The van der Waals surface area contributed by atoms with Crippen LogP contribution in [0.25, 0.3) is 0 Å². The first-order valence-corrected chi connectivity index (χ1v) is 8.69. The molecule has 0 radical (unpaired) electrons. The van der Waals surface area contributed by atoms with E-state index in [1.165, 1.54) is 16.8 Å². The van der Waals surface area contributed by atoms with Crippen LogP contribution in [0.4, 0.5) is 5.69 Å². The van der Waals surface area contributed by atoms with Crippen LogP contribution in [0.3, 0.4) is 0 Å². The number of amides is 2. The highest BCUT2D eigenvalue weighted by atomic mass is 16.3. The van der Waals surface area contributed by atoms with Gasteiger partial charge in [-0.15, -0.1) is 0 Å². The molecule has 2 fully saturated rings. The van der Waals surface area contributed by atoms with Crippen molar-refractivity contribution in [3.8, 4) is 0 Å². The van der Waals surface area contributed by atoms with Gasteiger partial charge in [0, 0.05) is 50.8 Å². The molecule has 1 unspecified atom stereocenters. The number of hydrogen-bond acceptors (Lipinski definition) is 5. The lowest BCUT2D eigenvalue weighted by atomic mass is 10.0. The number of hydrogen-bond donors (Lipinski definition) is 2. The van der Waals surface area contributed by atoms with Crippen molar-refractivity contribution in [2.24, 2.45) is 5.92 Å². The van der Waals surface area contributed by atoms with E-state index in [2.05, 4.69) is 33.3 Å². The van der Waals surface area contributed by atoms with Gasteiger partial charge in [0.05, 0.1) is 6.04 Å². The van der Waals surface area contributed by atoms with Crippen molar-refractivity contribution >= 4 is 17.5 Å². The van der Waals surface area contributed by atoms with Crippen LogP contribution in [0.1, 0.15) is 30.4 Å². The fraction of sp³-hybridized carbons (Fsp3) is 0.556. The minimum Gasteiger partial charge on any atom is -0.396 e. The molecule has 6 nitrogen and oxygen atoms in total. The predicted octanol–water partition coefficient (Wildman–Crippen LogP) is 0.626. The second-order valence-corrected chi connectivity index (χ2v) is 7.11. The van der Waals surface area contributed by atoms with E-state index >= 15 is 0 Å². The topological polar surface area (TPSA) is 72.9 Å². The van der Waals surface area contributed by atoms with Crippen LogP contribution >= 0.6 is 0 Å². The quantitative estimate of drug-likeness (QED) is 0.796. The zero-order chi connectivity index (χ0) is 16.7. The number of nitrogens with one attached hydrogen (secondary N) is 1. The molecule has 1 aromatic rings. The molecule has 0 aliphatic carbocycles. The zero-order valence-electron chi connectivity index (χ0n) is 13.7. The average Bonchev–Trinajstić information content (AvgIpc) is 3.20. The van der Waals surface area contributed by atoms with E-state index < -0.39 is 0 Å². The summed E-state index contributed by atoms with van der Waals surface area (Å²) in [5, 5.41) is 11.8. The molecule has 0 spiro atoms. The molecule has 0 aromatic heterocycles. The van der Waals surface area contributed by atoms with E-state index in [1.54, 1.807) is 0 Å². The fourth-order valence-corrected chi connectivity index (χ4v) is 4.07. The van der Waals surface area contributed by atoms with Crippen molar-refractivity contribution in [2.45, 2.75) is 38.4 Å². The van der Waals surface area contributed by atoms with E-state index in [-0.39, 0.29) is 24.5 Å². The van der Waals surface area contributed by atoms with Gasteiger partial charge in [0.1, 0.15) is 0 Å². The van der Waals surface area contributed by atoms with Crippen molar-refractivity contribution in [3.05, 3.63) is 29.3 Å². The van der Waals surface area contributed by atoms with Gasteiger partial charge in [0.2, 0.25) is 11.8 Å². The van der Waals surface area contributed by atoms with Crippen molar-refractivity contribution in [1.29, 1.82) is 0 Å². The molecule has 3 heterocycles. The molecule has 24 heavy (non-hydrogen) atoms. The third-order valence-corrected chi connectivity index (χ3v) is 5.50. The van der Waals surface area contributed by atoms with Crippen LogP contribution < -0.4 is 10.2 Å². The van der Waals surface area contributed by atoms with Gasteiger partial charge >= 0.3 is 0 Å². The Morgan fingerprint density at radius 1 is 1.17 bits per heavy atom. The summed E-state index contributed by atoms with van der Waals surface area (Å²) < 4.78 is 0. The van der Waals surface area contributed by atoms with Crippen molar-refractivity contribution < 1.29 is 14.7 Å². The molecule has 128 valence electrons. The monoisotopic (exact) mass is 329 g/mol. The molecule has 3 aliphatic heterocycles. The lowest BCUT2D eigenvalue weighted by Gasteiger charge is -2.29. The summed E-state index contributed by atoms with van der Waals surface area (Å²) in [6.07, 6.45) is 2.07. The average molecular weight is 329 g/mol. The van der Waals surface area contributed by atoms with Crippen molar-refractivity contribution in [3.63, 3.8) is 0 Å². The summed E-state index contributed by atoms with van der Waals surface area (Å²) in [5.41, 5.74) is 3.74. The van der Waals surface area contributed by atoms with Crippen LogP contribution in [0, 0.1) is 5.92 Å². The van der Waals surface area contributed by atoms with Gasteiger partial charge in [-0.1, -0.05) is 6.07 Å². The van der Waals surface area contributed by atoms with E-state index in [9.17, 15) is 14.7 Å². The number of anilines is 1. The Labute approximate surface area is 141 Å². The number of aliphatic hydroxyl groups is 1. The number of benzene rings is 1. The molecule has 2 atom stereocenters. The summed E-state index contributed by atoms with van der Waals surface area (Å²) in [4.78, 5) is 27.9. The number of carbonyl (C=O) groups excluding carboxylic acids is 2. The highest BCUT2D eigenvalue weighted by Gasteiger charge is 2.35. The second-order valence-electron chi connectivity index (χ2n) is 7.11. The van der Waals surface area contributed by atoms with Gasteiger partial charge in [0.25, 0.3) is 0 Å². The van der Waals surface area contributed by atoms with Gasteiger partial charge < -0.3 is 10.0 Å². The molecule has 1 aromatic carbocycles. The molecule has 2 amide bonds. The predicted molar refractivity (Wildman–Crippen MR) is 89.3 cm³/mol. The standard InChI is InChI=1S/C18H23N3O3/c22-11-12-5-6-20(8-12)15-2-1-13-9-21(10-14(13)7-15)16-3-4-17(23)19-18(16)24/h1-2,7,12,16,22H,3-6,8-11H2,(H,19,23,24)/t12-,16?/m0/s1. The molecule has 0 bridgehead atoms. The SMILES string of the molecule is O=C1CCC(N2Cc3ccc(N4CC[C@H](CO)C4)cc3C2)C(=O)N1. The highest BCUT2D eigenvalue weighted by molar-refractivity contribution is 6.00. The Kier molecular flexibility index (Phi) is 4.02. The van der Waals surface area contributed by atoms with Gasteiger partial charge in [-0.3, -0.25) is 19.8 Å². The lowest BCUT2D eigenvalue weighted by molar-refractivity contribution is -0.137. The molecular formula is C18H23N3O3. The smallest absolute Gasteiger partial charge is 0.243 e. The van der Waals surface area contributed by atoms with Gasteiger partial charge in [-0.05, 0) is 36.1 Å². The third-order valence-electron chi connectivity index (χ3n) is 5.50. The van der Waals surface area contributed by atoms with Crippen LogP contribution in [-0.4, -0.2) is 47.6 Å². The number of imide groups is 1. The maximum atomic E-state index is 12.1. The Bertz CT molecular complexity index is 675. The number of aliphatic hydroxyl groups excluding tert-OH is 1. The summed E-state index contributed by atoms with van der Waals surface area (Å²) in [7, 11) is 0. The van der Waals surface area contributed by atoms with Crippen LogP contribution in [0.2, 0.25) is 0 Å². The number of piperidine rings is 1. The third kappa shape index (κ3) is 2.80. The van der Waals surface area contributed by atoms with Gasteiger partial charge in [-0.25, -0.2) is 0 Å². The number of rotatable bonds is 3. The van der Waals surface area contributed by atoms with Crippen LogP contribution in [-0.2, 0) is 22.7 Å². The first-order valence-electron chi connectivity index (χ1n) is 8.69. The summed E-state index contributed by atoms with van der Waals surface area (Å²) in [6.45, 7) is 3.67. The van der Waals surface area contributed by atoms with Crippen LogP contribution in [0.15, 0.2) is 18.2 Å². The maximum absolute atomic E-state index is 12.1. The second kappa shape index (κ2) is 6.18. The summed E-state index contributed by atoms with van der Waals surface area (Å²) in [6, 6.07) is 6.32. The maximum Gasteiger partial charge on any atom is 0.243 e. The number of fused-ring (bicyclic) bond motifs is 1. The van der Waals surface area contributed by atoms with Crippen LogP contribution in [0.5, 0.6) is 0 Å². The Balaban J connectivity index is 1.47. The van der Waals surface area contributed by atoms with Crippen molar-refractivity contribution in [2.75, 3.05) is 24.6 Å². The Morgan fingerprint density at radius 2 is 2.00 bits per heavy atom. The molecule has 3 aliphatic rings. The Morgan fingerprint density at radius 3 is 2.75 bits per heavy atom. The van der Waals surface area contributed by atoms with Gasteiger partial charge in [-0.2, -0.15) is 0 Å². The minimum absolute atomic E-state index is 0.162. The molecule has 2 saturated heterocycles. The molecular weight excluding hydrogens is 306 g/mol. The van der Waals surface area contributed by atoms with E-state index in [1.807, 2.05) is 0 Å². The minimum atomic E-state index is -0.205. The summed E-state index contributed by atoms with van der Waals surface area (Å²) in [5.74, 6) is 0.0468. The first kappa shape index (κ1) is 15.6. The lowest BCUT2D eigenvalue weighted by Crippen LogP contribution is -2.50. The largest absolute Gasteiger partial charge is 0.396 e. The first-order chi connectivity index (χ1) is 11.6. The number of nitrogens with zero attached hydrogens (tertiary/aromatic N) is 2. The van der Waals surface area contributed by atoms with E-state index in [4.69, 9.17) is 0 Å². The van der Waals surface area contributed by atoms with Gasteiger partial charge in [0.15, 0.2) is 0 Å². The molecule has 6 heteroatoms. The normalized spacial score (nSPS) is 27.5. The number of carbonyl (C=O) groups is 2. The zero-order valence-corrected chi connectivity index (χ0v) is 13.7. The Hall–Kier alpha value is -1.92. The molecule has 4 rings (SSSR count). The summed E-state index contributed by atoms with van der Waals surface area (Å²) >= 11 is 0. The van der Waals surface area contributed by atoms with E-state index in [0.29, 0.717) is 18.8 Å². The van der Waals surface area contributed by atoms with Crippen molar-refractivity contribution in [1.82, 2.24) is 10.2 Å². The molecule has 2 N–H and O–H groups in total. The van der Waals surface area contributed by atoms with E-state index in [0.717, 1.165) is 32.6 Å².